The second kappa shape index (κ2) is 4.84. The lowest BCUT2D eigenvalue weighted by Gasteiger charge is -1.99. The maximum absolute atomic E-state index is 13.4. The van der Waals surface area contributed by atoms with E-state index in [4.69, 9.17) is 5.73 Å². The molecule has 0 radical (unpaired) electrons. The second-order valence-corrected chi connectivity index (χ2v) is 5.23. The van der Waals surface area contributed by atoms with Crippen molar-refractivity contribution >= 4 is 29.2 Å². The van der Waals surface area contributed by atoms with Gasteiger partial charge >= 0.3 is 0 Å². The molecule has 1 aliphatic heterocycles. The van der Waals surface area contributed by atoms with E-state index in [2.05, 4.69) is 10.3 Å². The van der Waals surface area contributed by atoms with E-state index in [9.17, 15) is 14.0 Å². The summed E-state index contributed by atoms with van der Waals surface area (Å²) in [4.78, 5) is 26.6. The number of benzene rings is 1. The lowest BCUT2D eigenvalue weighted by Crippen LogP contribution is -2.12. The smallest absolute Gasteiger partial charge is 0.256 e. The van der Waals surface area contributed by atoms with Gasteiger partial charge in [0.1, 0.15) is 5.82 Å². The molecule has 0 saturated carbocycles. The third-order valence-electron chi connectivity index (χ3n) is 3.78. The van der Waals surface area contributed by atoms with Crippen LogP contribution in [0, 0.1) is 19.7 Å². The third kappa shape index (κ3) is 2.09. The highest BCUT2D eigenvalue weighted by Crippen LogP contribution is 2.34. The molecular weight excluding hydrogens is 285 g/mol. The Hall–Kier alpha value is -2.89. The molecule has 5 nitrogen and oxygen atoms in total. The molecule has 1 aliphatic rings. The molecule has 0 saturated heterocycles. The monoisotopic (exact) mass is 299 g/mol. The summed E-state index contributed by atoms with van der Waals surface area (Å²) in [5.74, 6) is -1.26. The van der Waals surface area contributed by atoms with Gasteiger partial charge in [-0.3, -0.25) is 9.59 Å². The first-order valence-electron chi connectivity index (χ1n) is 6.70. The summed E-state index contributed by atoms with van der Waals surface area (Å²) in [7, 11) is 0. The molecule has 2 heterocycles. The van der Waals surface area contributed by atoms with Gasteiger partial charge in [-0.15, -0.1) is 0 Å². The number of primary amides is 1. The third-order valence-corrected chi connectivity index (χ3v) is 3.78. The summed E-state index contributed by atoms with van der Waals surface area (Å²) < 4.78 is 13.4. The van der Waals surface area contributed by atoms with Crippen LogP contribution >= 0.6 is 0 Å². The Bertz CT molecular complexity index is 849. The Morgan fingerprint density at radius 3 is 2.68 bits per heavy atom. The molecule has 0 bridgehead atoms. The normalized spacial score (nSPS) is 15.0. The van der Waals surface area contributed by atoms with E-state index < -0.39 is 11.7 Å². The van der Waals surface area contributed by atoms with Gasteiger partial charge in [0.15, 0.2) is 0 Å². The molecule has 1 aromatic heterocycles. The lowest BCUT2D eigenvalue weighted by molar-refractivity contribution is -0.110. The van der Waals surface area contributed by atoms with Crippen LogP contribution in [0.25, 0.3) is 11.6 Å². The van der Waals surface area contributed by atoms with E-state index in [-0.39, 0.29) is 5.91 Å². The number of halogens is 1. The number of rotatable bonds is 2. The first-order valence-corrected chi connectivity index (χ1v) is 6.70. The molecule has 2 amide bonds. The maximum atomic E-state index is 13.4. The molecular formula is C16H14FN3O2. The quantitative estimate of drug-likeness (QED) is 0.743. The minimum atomic E-state index is -0.529. The number of amides is 2. The second-order valence-electron chi connectivity index (χ2n) is 5.23. The predicted molar refractivity (Wildman–Crippen MR) is 81.7 cm³/mol. The van der Waals surface area contributed by atoms with E-state index in [0.717, 1.165) is 0 Å². The Balaban J connectivity index is 2.15. The molecule has 112 valence electrons. The minimum absolute atomic E-state index is 0.312. The van der Waals surface area contributed by atoms with Gasteiger partial charge in [-0.05, 0) is 43.7 Å². The number of hydrogen-bond acceptors (Lipinski definition) is 2. The van der Waals surface area contributed by atoms with Crippen LogP contribution in [-0.4, -0.2) is 16.8 Å². The van der Waals surface area contributed by atoms with Crippen molar-refractivity contribution in [2.24, 2.45) is 5.73 Å². The number of aromatic nitrogens is 1. The maximum Gasteiger partial charge on any atom is 0.256 e. The highest BCUT2D eigenvalue weighted by molar-refractivity contribution is 6.34. The zero-order valence-electron chi connectivity index (χ0n) is 12.1. The first-order chi connectivity index (χ1) is 10.4. The number of aromatic amines is 1. The molecule has 22 heavy (non-hydrogen) atoms. The van der Waals surface area contributed by atoms with E-state index in [1.807, 2.05) is 0 Å². The molecule has 0 fully saturated rings. The predicted octanol–water partition coefficient (Wildman–Crippen LogP) is 2.36. The van der Waals surface area contributed by atoms with Crippen molar-refractivity contribution in [3.05, 3.63) is 52.1 Å². The topological polar surface area (TPSA) is 88.0 Å². The highest BCUT2D eigenvalue weighted by Gasteiger charge is 2.25. The molecule has 3 rings (SSSR count). The number of carbonyl (C=O) groups excluding carboxylic acids is 2. The number of H-pyrrole nitrogens is 1. The summed E-state index contributed by atoms with van der Waals surface area (Å²) in [6.45, 7) is 3.48. The molecule has 6 heteroatoms. The minimum Gasteiger partial charge on any atom is -0.366 e. The molecule has 0 unspecified atom stereocenters. The van der Waals surface area contributed by atoms with Crippen LogP contribution in [-0.2, 0) is 4.79 Å². The first kappa shape index (κ1) is 14.1. The fourth-order valence-electron chi connectivity index (χ4n) is 2.74. The summed E-state index contributed by atoms with van der Waals surface area (Å²) in [6, 6.07) is 4.11. The number of nitrogens with two attached hydrogens (primary N) is 1. The average Bonchev–Trinajstić information content (AvgIpc) is 2.88. The number of fused-ring (bicyclic) bond motifs is 1. The van der Waals surface area contributed by atoms with Crippen molar-refractivity contribution in [1.82, 2.24) is 4.98 Å². The SMILES string of the molecule is Cc1[nH]c(/C=C2/C(=O)Nc3ccc(F)cc32)c(C)c1C(N)=O. The largest absolute Gasteiger partial charge is 0.366 e. The number of aryl methyl sites for hydroxylation is 1. The van der Waals surface area contributed by atoms with Crippen LogP contribution in [0.5, 0.6) is 0 Å². The number of carbonyl (C=O) groups is 2. The Morgan fingerprint density at radius 2 is 2.05 bits per heavy atom. The van der Waals surface area contributed by atoms with Gasteiger partial charge < -0.3 is 16.0 Å². The van der Waals surface area contributed by atoms with Crippen LogP contribution in [0.15, 0.2) is 18.2 Å². The fraction of sp³-hybridized carbons (Fsp3) is 0.125. The van der Waals surface area contributed by atoms with E-state index in [0.29, 0.717) is 39.3 Å². The summed E-state index contributed by atoms with van der Waals surface area (Å²) in [6.07, 6.45) is 1.61. The highest BCUT2D eigenvalue weighted by atomic mass is 19.1. The summed E-state index contributed by atoms with van der Waals surface area (Å²) >= 11 is 0. The van der Waals surface area contributed by atoms with Gasteiger partial charge in [-0.2, -0.15) is 0 Å². The summed E-state index contributed by atoms with van der Waals surface area (Å²) in [5, 5.41) is 2.68. The molecule has 0 spiro atoms. The van der Waals surface area contributed by atoms with Gasteiger partial charge in [-0.25, -0.2) is 4.39 Å². The van der Waals surface area contributed by atoms with Crippen LogP contribution in [0.1, 0.15) is 32.9 Å². The van der Waals surface area contributed by atoms with Crippen molar-refractivity contribution in [2.75, 3.05) is 5.32 Å². The standard InChI is InChI=1S/C16H14FN3O2/c1-7-13(19-8(2)14(7)15(18)21)6-11-10-5-9(17)3-4-12(10)20-16(11)22/h3-6,19H,1-2H3,(H2,18,21)(H,20,22)/b11-6+. The van der Waals surface area contributed by atoms with Gasteiger partial charge in [0.25, 0.3) is 11.8 Å². The van der Waals surface area contributed by atoms with Crippen molar-refractivity contribution in [1.29, 1.82) is 0 Å². The molecule has 1 aromatic carbocycles. The number of nitrogens with one attached hydrogen (secondary N) is 2. The van der Waals surface area contributed by atoms with Crippen molar-refractivity contribution in [3.8, 4) is 0 Å². The van der Waals surface area contributed by atoms with Gasteiger partial charge in [-0.1, -0.05) is 0 Å². The Labute approximate surface area is 126 Å². The Kier molecular flexibility index (Phi) is 3.09. The van der Waals surface area contributed by atoms with Gasteiger partial charge in [0, 0.05) is 22.6 Å². The van der Waals surface area contributed by atoms with E-state index in [1.165, 1.54) is 18.2 Å². The van der Waals surface area contributed by atoms with Gasteiger partial charge in [0.05, 0.1) is 11.1 Å². The van der Waals surface area contributed by atoms with E-state index in [1.54, 1.807) is 19.9 Å². The van der Waals surface area contributed by atoms with Crippen molar-refractivity contribution in [2.45, 2.75) is 13.8 Å². The van der Waals surface area contributed by atoms with Crippen LogP contribution < -0.4 is 11.1 Å². The molecule has 4 N–H and O–H groups in total. The summed E-state index contributed by atoms with van der Waals surface area (Å²) in [5.41, 5.74) is 9.06. The molecule has 0 atom stereocenters. The van der Waals surface area contributed by atoms with Crippen LogP contribution in [0.4, 0.5) is 10.1 Å². The van der Waals surface area contributed by atoms with Crippen LogP contribution in [0.3, 0.4) is 0 Å². The van der Waals surface area contributed by atoms with Crippen LogP contribution in [0.2, 0.25) is 0 Å². The van der Waals surface area contributed by atoms with Crippen molar-refractivity contribution in [3.63, 3.8) is 0 Å². The Morgan fingerprint density at radius 1 is 1.32 bits per heavy atom. The van der Waals surface area contributed by atoms with Gasteiger partial charge in [0.2, 0.25) is 0 Å². The van der Waals surface area contributed by atoms with Crippen molar-refractivity contribution < 1.29 is 14.0 Å². The molecule has 2 aromatic rings. The molecule has 0 aliphatic carbocycles. The zero-order chi connectivity index (χ0) is 16.0. The average molecular weight is 299 g/mol. The lowest BCUT2D eigenvalue weighted by atomic mass is 10.0. The number of anilines is 1. The fourth-order valence-corrected chi connectivity index (χ4v) is 2.74. The number of hydrogen-bond donors (Lipinski definition) is 3. The zero-order valence-corrected chi connectivity index (χ0v) is 12.1. The van der Waals surface area contributed by atoms with E-state index >= 15 is 0 Å².